The lowest BCUT2D eigenvalue weighted by molar-refractivity contribution is -0.122. The minimum Gasteiger partial charge on any atom is -0.363 e. The van der Waals surface area contributed by atoms with E-state index in [9.17, 15) is 9.59 Å². The van der Waals surface area contributed by atoms with Crippen LogP contribution in [0, 0.1) is 5.92 Å². The molecule has 4 nitrogen and oxygen atoms in total. The van der Waals surface area contributed by atoms with Gasteiger partial charge in [-0.3, -0.25) is 9.59 Å². The van der Waals surface area contributed by atoms with Crippen molar-refractivity contribution < 1.29 is 9.59 Å². The van der Waals surface area contributed by atoms with Crippen molar-refractivity contribution in [2.45, 2.75) is 12.5 Å². The maximum absolute atomic E-state index is 13.8. The number of benzene rings is 3. The molecule has 3 aromatic carbocycles. The number of carbonyl (C=O) groups excluding carboxylic acids is 2. The van der Waals surface area contributed by atoms with Crippen molar-refractivity contribution in [3.8, 4) is 0 Å². The van der Waals surface area contributed by atoms with Gasteiger partial charge in [-0.05, 0) is 47.4 Å². The number of fused-ring (bicyclic) bond motifs is 7. The number of hydrogen-bond acceptors (Lipinski definition) is 3. The molecule has 0 spiro atoms. The van der Waals surface area contributed by atoms with Crippen molar-refractivity contribution in [1.82, 2.24) is 0 Å². The van der Waals surface area contributed by atoms with Gasteiger partial charge in [0, 0.05) is 17.8 Å². The molecule has 1 fully saturated rings. The van der Waals surface area contributed by atoms with Gasteiger partial charge in [-0.1, -0.05) is 60.7 Å². The molecule has 0 aliphatic carbocycles. The Hall–Kier alpha value is -3.66. The number of carbonyl (C=O) groups is 2. The Labute approximate surface area is 175 Å². The fraction of sp³-hybridized carbons (Fsp3) is 0.154. The lowest BCUT2D eigenvalue weighted by Crippen LogP contribution is -2.42. The molecule has 0 N–H and O–H groups in total. The minimum atomic E-state index is -0.522. The Morgan fingerprint density at radius 1 is 0.800 bits per heavy atom. The molecule has 0 aromatic heterocycles. The van der Waals surface area contributed by atoms with Crippen molar-refractivity contribution in [3.05, 3.63) is 101 Å². The van der Waals surface area contributed by atoms with Gasteiger partial charge in [-0.15, -0.1) is 0 Å². The van der Waals surface area contributed by atoms with Crippen molar-refractivity contribution in [2.75, 3.05) is 16.3 Å². The molecule has 1 saturated heterocycles. The number of amides is 2. The lowest BCUT2D eigenvalue weighted by Gasteiger charge is -2.41. The molecule has 4 heteroatoms. The average molecular weight is 392 g/mol. The van der Waals surface area contributed by atoms with Crippen molar-refractivity contribution >= 4 is 29.3 Å². The van der Waals surface area contributed by atoms with E-state index in [1.807, 2.05) is 66.7 Å². The van der Waals surface area contributed by atoms with Crippen LogP contribution in [0.3, 0.4) is 0 Å². The standard InChI is InChI=1S/C26H20N2O2/c29-25-21-16-18-9-5-7-13-22(18)27-15-14-17-8-4-6-12-20(17)24(27)23(21)26(30)28(25)19-10-2-1-3-11-19/h1-13,16,23-24H,14-15H2/t23-,24-/m1/s1. The second-order valence-electron chi connectivity index (χ2n) is 8.04. The molecule has 0 saturated carbocycles. The molecular formula is C26H20N2O2. The molecule has 0 bridgehead atoms. The van der Waals surface area contributed by atoms with E-state index < -0.39 is 5.92 Å². The summed E-state index contributed by atoms with van der Waals surface area (Å²) in [7, 11) is 0. The highest BCUT2D eigenvalue weighted by Crippen LogP contribution is 2.49. The van der Waals surface area contributed by atoms with Crippen LogP contribution in [0.5, 0.6) is 0 Å². The third-order valence-corrected chi connectivity index (χ3v) is 6.49. The van der Waals surface area contributed by atoms with Crippen LogP contribution < -0.4 is 9.80 Å². The summed E-state index contributed by atoms with van der Waals surface area (Å²) in [6.45, 7) is 0.823. The van der Waals surface area contributed by atoms with E-state index in [-0.39, 0.29) is 17.9 Å². The van der Waals surface area contributed by atoms with Gasteiger partial charge in [0.15, 0.2) is 0 Å². The lowest BCUT2D eigenvalue weighted by atomic mass is 9.82. The number of para-hydroxylation sites is 2. The first-order chi connectivity index (χ1) is 14.7. The summed E-state index contributed by atoms with van der Waals surface area (Å²) in [6, 6.07) is 25.5. The maximum atomic E-state index is 13.8. The third kappa shape index (κ3) is 2.34. The molecular weight excluding hydrogens is 372 g/mol. The van der Waals surface area contributed by atoms with Gasteiger partial charge < -0.3 is 4.90 Å². The molecule has 146 valence electrons. The third-order valence-electron chi connectivity index (χ3n) is 6.49. The van der Waals surface area contributed by atoms with E-state index in [0.29, 0.717) is 11.3 Å². The highest BCUT2D eigenvalue weighted by Gasteiger charge is 2.52. The highest BCUT2D eigenvalue weighted by molar-refractivity contribution is 6.31. The summed E-state index contributed by atoms with van der Waals surface area (Å²) in [6.07, 6.45) is 2.86. The summed E-state index contributed by atoms with van der Waals surface area (Å²) in [4.78, 5) is 31.0. The highest BCUT2D eigenvalue weighted by atomic mass is 16.2. The second-order valence-corrected chi connectivity index (χ2v) is 8.04. The molecule has 30 heavy (non-hydrogen) atoms. The van der Waals surface area contributed by atoms with E-state index in [1.54, 1.807) is 0 Å². The van der Waals surface area contributed by atoms with Crippen LogP contribution in [0.25, 0.3) is 6.08 Å². The Balaban J connectivity index is 1.60. The molecule has 2 atom stereocenters. The Morgan fingerprint density at radius 2 is 1.53 bits per heavy atom. The summed E-state index contributed by atoms with van der Waals surface area (Å²) in [5.74, 6) is -0.876. The predicted octanol–water partition coefficient (Wildman–Crippen LogP) is 4.38. The van der Waals surface area contributed by atoms with Gasteiger partial charge in [0.25, 0.3) is 5.91 Å². The summed E-state index contributed by atoms with van der Waals surface area (Å²) in [5.41, 5.74) is 5.70. The topological polar surface area (TPSA) is 40.6 Å². The Bertz CT molecular complexity index is 1210. The van der Waals surface area contributed by atoms with E-state index in [0.717, 1.165) is 29.8 Å². The van der Waals surface area contributed by atoms with Crippen molar-refractivity contribution in [2.24, 2.45) is 5.92 Å². The smallest absolute Gasteiger partial charge is 0.261 e. The zero-order valence-electron chi connectivity index (χ0n) is 16.4. The van der Waals surface area contributed by atoms with Crippen LogP contribution in [0.2, 0.25) is 0 Å². The summed E-state index contributed by atoms with van der Waals surface area (Å²) in [5, 5.41) is 0. The van der Waals surface area contributed by atoms with Gasteiger partial charge in [0.2, 0.25) is 5.91 Å². The van der Waals surface area contributed by atoms with E-state index >= 15 is 0 Å². The monoisotopic (exact) mass is 392 g/mol. The Morgan fingerprint density at radius 3 is 2.40 bits per heavy atom. The van der Waals surface area contributed by atoms with Crippen LogP contribution >= 0.6 is 0 Å². The average Bonchev–Trinajstić information content (AvgIpc) is 2.94. The fourth-order valence-corrected chi connectivity index (χ4v) is 5.18. The fourth-order valence-electron chi connectivity index (χ4n) is 5.18. The zero-order chi connectivity index (χ0) is 20.2. The molecule has 0 unspecified atom stereocenters. The van der Waals surface area contributed by atoms with Gasteiger partial charge >= 0.3 is 0 Å². The molecule has 3 heterocycles. The number of nitrogens with zero attached hydrogens (tertiary/aromatic N) is 2. The van der Waals surface area contributed by atoms with Crippen LogP contribution in [0.4, 0.5) is 11.4 Å². The molecule has 6 rings (SSSR count). The summed E-state index contributed by atoms with van der Waals surface area (Å²) >= 11 is 0. The largest absolute Gasteiger partial charge is 0.363 e. The van der Waals surface area contributed by atoms with Gasteiger partial charge in [-0.2, -0.15) is 0 Å². The van der Waals surface area contributed by atoms with Gasteiger partial charge in [0.05, 0.1) is 17.6 Å². The van der Waals surface area contributed by atoms with Gasteiger partial charge in [-0.25, -0.2) is 4.90 Å². The Kier molecular flexibility index (Phi) is 3.69. The normalized spacial score (nSPS) is 21.9. The molecule has 3 aliphatic rings. The van der Waals surface area contributed by atoms with Crippen molar-refractivity contribution in [3.63, 3.8) is 0 Å². The van der Waals surface area contributed by atoms with Crippen molar-refractivity contribution in [1.29, 1.82) is 0 Å². The summed E-state index contributed by atoms with van der Waals surface area (Å²) < 4.78 is 0. The van der Waals surface area contributed by atoms with E-state index in [1.165, 1.54) is 10.5 Å². The SMILES string of the molecule is O=C1C2=Cc3ccccc3N3CCc4ccccc4[C@@H]3[C@@H]2C(=O)N1c1ccccc1. The quantitative estimate of drug-likeness (QED) is 0.577. The molecule has 0 radical (unpaired) electrons. The van der Waals surface area contributed by atoms with Gasteiger partial charge in [0.1, 0.15) is 0 Å². The predicted molar refractivity (Wildman–Crippen MR) is 117 cm³/mol. The molecule has 2 amide bonds. The first-order valence-corrected chi connectivity index (χ1v) is 10.3. The number of rotatable bonds is 1. The molecule has 3 aliphatic heterocycles. The van der Waals surface area contributed by atoms with Crippen LogP contribution in [-0.2, 0) is 16.0 Å². The number of hydrogen-bond donors (Lipinski definition) is 0. The van der Waals surface area contributed by atoms with E-state index in [4.69, 9.17) is 0 Å². The van der Waals surface area contributed by atoms with E-state index in [2.05, 4.69) is 23.1 Å². The second kappa shape index (κ2) is 6.42. The number of anilines is 2. The van der Waals surface area contributed by atoms with Crippen LogP contribution in [-0.4, -0.2) is 18.4 Å². The van der Waals surface area contributed by atoms with Crippen LogP contribution in [0.15, 0.2) is 84.4 Å². The maximum Gasteiger partial charge on any atom is 0.261 e. The number of imide groups is 1. The first kappa shape index (κ1) is 17.2. The first-order valence-electron chi connectivity index (χ1n) is 10.3. The molecule has 3 aromatic rings. The van der Waals surface area contributed by atoms with Crippen LogP contribution in [0.1, 0.15) is 22.7 Å². The minimum absolute atomic E-state index is 0.142. The zero-order valence-corrected chi connectivity index (χ0v) is 16.4.